The van der Waals surface area contributed by atoms with Crippen molar-refractivity contribution in [2.24, 2.45) is 11.8 Å². The summed E-state index contributed by atoms with van der Waals surface area (Å²) in [5, 5.41) is 17.4. The maximum atomic E-state index is 13.1. The molecule has 6 rings (SSSR count). The van der Waals surface area contributed by atoms with E-state index < -0.39 is 36.5 Å². The van der Waals surface area contributed by atoms with Crippen molar-refractivity contribution in [3.05, 3.63) is 71.8 Å². The number of alkyl carbamates (subject to hydrolysis) is 2. The average Bonchev–Trinajstić information content (AvgIpc) is 3.79. The van der Waals surface area contributed by atoms with E-state index in [0.717, 1.165) is 24.0 Å². The first-order chi connectivity index (χ1) is 21.0. The number of aliphatic hydroxyl groups is 1. The smallest absolute Gasteiger partial charge is 0.407 e. The number of hydrogen-bond acceptors (Lipinski definition) is 9. The lowest BCUT2D eigenvalue weighted by molar-refractivity contribution is -0.0909. The molecule has 43 heavy (non-hydrogen) atoms. The van der Waals surface area contributed by atoms with E-state index in [0.29, 0.717) is 32.7 Å². The first kappa shape index (κ1) is 29.8. The predicted octanol–water partition coefficient (Wildman–Crippen LogP) is 2.94. The van der Waals surface area contributed by atoms with Gasteiger partial charge in [-0.15, -0.1) is 0 Å². The third kappa shape index (κ3) is 7.66. The Balaban J connectivity index is 1.12. The number of fused-ring (bicyclic) bond motifs is 2. The van der Waals surface area contributed by atoms with Gasteiger partial charge in [-0.2, -0.15) is 0 Å². The Morgan fingerprint density at radius 3 is 1.81 bits per heavy atom. The van der Waals surface area contributed by atoms with Crippen LogP contribution in [0.15, 0.2) is 60.7 Å². The molecule has 2 aromatic carbocycles. The molecule has 0 aliphatic carbocycles. The van der Waals surface area contributed by atoms with Crippen molar-refractivity contribution >= 4 is 12.2 Å². The molecule has 0 unspecified atom stereocenters. The molecule has 4 saturated heterocycles. The Morgan fingerprint density at radius 1 is 0.744 bits per heavy atom. The largest absolute Gasteiger partial charge is 0.443 e. The molecule has 232 valence electrons. The lowest BCUT2D eigenvalue weighted by atomic mass is 9.94. The van der Waals surface area contributed by atoms with Crippen LogP contribution in [0.1, 0.15) is 30.4 Å². The highest BCUT2D eigenvalue weighted by molar-refractivity contribution is 5.68. The third-order valence-corrected chi connectivity index (χ3v) is 8.73. The fourth-order valence-corrected chi connectivity index (χ4v) is 6.46. The maximum Gasteiger partial charge on any atom is 0.407 e. The van der Waals surface area contributed by atoms with Crippen molar-refractivity contribution in [2.75, 3.05) is 26.4 Å². The molecule has 2 amide bonds. The predicted molar refractivity (Wildman–Crippen MR) is 153 cm³/mol. The molecule has 0 bridgehead atoms. The SMILES string of the molecule is O=C(N[C@@H](Cc1ccccc1)C[C@H](O)[C@H](Cc1ccccc1)NC(=O)O[C@@H]1CO[C@@H]2OCC[C@@H]21)O[C@@H]1CO[C@@H]2OCC[C@@H]21. The van der Waals surface area contributed by atoms with Gasteiger partial charge in [0.05, 0.1) is 50.4 Å². The molecule has 4 aliphatic heterocycles. The molecule has 11 heteroatoms. The van der Waals surface area contributed by atoms with Gasteiger partial charge in [-0.25, -0.2) is 9.59 Å². The lowest BCUT2D eigenvalue weighted by Crippen LogP contribution is -2.50. The quantitative estimate of drug-likeness (QED) is 0.358. The van der Waals surface area contributed by atoms with Crippen molar-refractivity contribution in [1.29, 1.82) is 0 Å². The Labute approximate surface area is 251 Å². The van der Waals surface area contributed by atoms with E-state index in [1.165, 1.54) is 0 Å². The van der Waals surface area contributed by atoms with Gasteiger partial charge in [-0.1, -0.05) is 60.7 Å². The van der Waals surface area contributed by atoms with Crippen molar-refractivity contribution in [3.63, 3.8) is 0 Å². The van der Waals surface area contributed by atoms with Crippen LogP contribution in [0.5, 0.6) is 0 Å². The van der Waals surface area contributed by atoms with Gasteiger partial charge >= 0.3 is 12.2 Å². The zero-order valence-corrected chi connectivity index (χ0v) is 24.0. The number of nitrogens with one attached hydrogen (secondary N) is 2. The maximum absolute atomic E-state index is 13.1. The number of aliphatic hydroxyl groups excluding tert-OH is 1. The van der Waals surface area contributed by atoms with E-state index in [4.69, 9.17) is 28.4 Å². The minimum atomic E-state index is -1.01. The number of rotatable bonds is 11. The van der Waals surface area contributed by atoms with Gasteiger partial charge in [0, 0.05) is 6.04 Å². The summed E-state index contributed by atoms with van der Waals surface area (Å²) in [5.41, 5.74) is 1.94. The number of ether oxygens (including phenoxy) is 6. The van der Waals surface area contributed by atoms with Gasteiger partial charge < -0.3 is 44.2 Å². The highest BCUT2D eigenvalue weighted by atomic mass is 16.7. The van der Waals surface area contributed by atoms with Crippen molar-refractivity contribution in [2.45, 2.75) is 75.1 Å². The second kappa shape index (κ2) is 14.0. The van der Waals surface area contributed by atoms with Crippen LogP contribution < -0.4 is 10.6 Å². The summed E-state index contributed by atoms with van der Waals surface area (Å²) in [4.78, 5) is 26.1. The topological polar surface area (TPSA) is 134 Å². The minimum Gasteiger partial charge on any atom is -0.443 e. The fourth-order valence-electron chi connectivity index (χ4n) is 6.46. The molecule has 3 N–H and O–H groups in total. The number of hydrogen-bond donors (Lipinski definition) is 3. The molecule has 2 aromatic rings. The van der Waals surface area contributed by atoms with E-state index >= 15 is 0 Å². The van der Waals surface area contributed by atoms with Gasteiger partial charge in [-0.05, 0) is 43.2 Å². The Bertz CT molecular complexity index is 1200. The summed E-state index contributed by atoms with van der Waals surface area (Å²) >= 11 is 0. The molecule has 0 radical (unpaired) electrons. The van der Waals surface area contributed by atoms with Gasteiger partial charge in [0.25, 0.3) is 0 Å². The van der Waals surface area contributed by atoms with Crippen LogP contribution in [-0.2, 0) is 41.3 Å². The summed E-state index contributed by atoms with van der Waals surface area (Å²) < 4.78 is 33.8. The van der Waals surface area contributed by atoms with E-state index in [1.807, 2.05) is 60.7 Å². The van der Waals surface area contributed by atoms with Crippen LogP contribution in [0.4, 0.5) is 9.59 Å². The van der Waals surface area contributed by atoms with Crippen LogP contribution in [0, 0.1) is 11.8 Å². The summed E-state index contributed by atoms with van der Waals surface area (Å²) in [5.74, 6) is 0.0239. The van der Waals surface area contributed by atoms with E-state index in [9.17, 15) is 14.7 Å². The van der Waals surface area contributed by atoms with Gasteiger partial charge in [0.15, 0.2) is 12.6 Å². The second-order valence-electron chi connectivity index (χ2n) is 11.7. The van der Waals surface area contributed by atoms with Crippen LogP contribution in [0.3, 0.4) is 0 Å². The molecule has 0 aromatic heterocycles. The zero-order valence-electron chi connectivity index (χ0n) is 24.0. The minimum absolute atomic E-state index is 0.00468. The van der Waals surface area contributed by atoms with Gasteiger partial charge in [0.1, 0.15) is 12.2 Å². The molecule has 9 atom stereocenters. The summed E-state index contributed by atoms with van der Waals surface area (Å²) in [6.45, 7) is 1.73. The molecular weight excluding hydrogens is 556 g/mol. The fraction of sp³-hybridized carbons (Fsp3) is 0.562. The van der Waals surface area contributed by atoms with Crippen LogP contribution in [0.25, 0.3) is 0 Å². The lowest BCUT2D eigenvalue weighted by Gasteiger charge is -2.29. The summed E-state index contributed by atoms with van der Waals surface area (Å²) in [6.07, 6.45) is -1.11. The molecule has 0 spiro atoms. The van der Waals surface area contributed by atoms with E-state index in [-0.39, 0.29) is 43.5 Å². The standard InChI is InChI=1S/C32H40N2O9/c35-26(25(16-21-9-5-2-6-10-21)34-32(37)43-28-19-41-30-24(28)12-14-39-30)17-22(15-20-7-3-1-4-8-20)33-31(36)42-27-18-40-29-23(27)11-13-38-29/h1-10,22-30,35H,11-19H2,(H,33,36)(H,34,37)/t22-,23+,24+,25-,26-,27+,28+,29-,30-/m0/s1. The van der Waals surface area contributed by atoms with E-state index in [1.54, 1.807) is 0 Å². The van der Waals surface area contributed by atoms with Gasteiger partial charge in [0.2, 0.25) is 0 Å². The molecule has 0 saturated carbocycles. The highest BCUT2D eigenvalue weighted by Gasteiger charge is 2.45. The molecule has 4 aliphatic rings. The number of carbonyl (C=O) groups excluding carboxylic acids is 2. The highest BCUT2D eigenvalue weighted by Crippen LogP contribution is 2.34. The second-order valence-corrected chi connectivity index (χ2v) is 11.7. The van der Waals surface area contributed by atoms with Crippen molar-refractivity contribution in [1.82, 2.24) is 10.6 Å². The number of amides is 2. The van der Waals surface area contributed by atoms with Crippen molar-refractivity contribution in [3.8, 4) is 0 Å². The first-order valence-electron chi connectivity index (χ1n) is 15.2. The Kier molecular flexibility index (Phi) is 9.74. The average molecular weight is 597 g/mol. The normalized spacial score (nSPS) is 29.7. The van der Waals surface area contributed by atoms with E-state index in [2.05, 4.69) is 10.6 Å². The van der Waals surface area contributed by atoms with Crippen LogP contribution in [0.2, 0.25) is 0 Å². The Hall–Kier alpha value is -3.22. The summed E-state index contributed by atoms with van der Waals surface area (Å²) in [6, 6.07) is 18.2. The molecule has 11 nitrogen and oxygen atoms in total. The Morgan fingerprint density at radius 2 is 1.26 bits per heavy atom. The summed E-state index contributed by atoms with van der Waals surface area (Å²) in [7, 11) is 0. The molecule has 4 fully saturated rings. The number of benzene rings is 2. The first-order valence-corrected chi connectivity index (χ1v) is 15.2. The van der Waals surface area contributed by atoms with Gasteiger partial charge in [-0.3, -0.25) is 0 Å². The number of carbonyl (C=O) groups is 2. The molecular formula is C32H40N2O9. The van der Waals surface area contributed by atoms with Crippen molar-refractivity contribution < 1.29 is 43.1 Å². The van der Waals surface area contributed by atoms with Crippen LogP contribution >= 0.6 is 0 Å². The molecule has 4 heterocycles. The third-order valence-electron chi connectivity index (χ3n) is 8.73. The van der Waals surface area contributed by atoms with Crippen LogP contribution in [-0.4, -0.2) is 86.7 Å². The monoisotopic (exact) mass is 596 g/mol. The zero-order chi connectivity index (χ0) is 29.6.